The van der Waals surface area contributed by atoms with Crippen LogP contribution in [-0.2, 0) is 9.84 Å². The maximum atomic E-state index is 11.9. The van der Waals surface area contributed by atoms with Crippen LogP contribution in [0.5, 0.6) is 0 Å². The van der Waals surface area contributed by atoms with Crippen LogP contribution in [0.1, 0.15) is 13.3 Å². The zero-order valence-corrected chi connectivity index (χ0v) is 10.9. The Labute approximate surface area is 105 Å². The highest BCUT2D eigenvalue weighted by Gasteiger charge is 2.26. The SMILES string of the molecule is CC(O)CC(Cl)S(=O)(=O)c1ccc(Cl)cc1. The molecule has 1 aromatic rings. The molecular formula is C10H12Cl2O3S. The first-order chi connectivity index (χ1) is 7.34. The van der Waals surface area contributed by atoms with E-state index in [1.165, 1.54) is 31.2 Å². The lowest BCUT2D eigenvalue weighted by Gasteiger charge is -2.12. The fourth-order valence-electron chi connectivity index (χ4n) is 1.17. The van der Waals surface area contributed by atoms with E-state index in [9.17, 15) is 8.42 Å². The van der Waals surface area contributed by atoms with Crippen molar-refractivity contribution in [1.29, 1.82) is 0 Å². The lowest BCUT2D eigenvalue weighted by atomic mass is 10.3. The summed E-state index contributed by atoms with van der Waals surface area (Å²) in [5.74, 6) is 0. The average molecular weight is 283 g/mol. The van der Waals surface area contributed by atoms with Crippen molar-refractivity contribution in [2.75, 3.05) is 0 Å². The number of halogens is 2. The zero-order chi connectivity index (χ0) is 12.3. The van der Waals surface area contributed by atoms with E-state index in [0.29, 0.717) is 5.02 Å². The lowest BCUT2D eigenvalue weighted by Crippen LogP contribution is -2.20. The molecule has 16 heavy (non-hydrogen) atoms. The van der Waals surface area contributed by atoms with Gasteiger partial charge in [-0.1, -0.05) is 11.6 Å². The molecule has 0 amide bonds. The van der Waals surface area contributed by atoms with E-state index < -0.39 is 20.7 Å². The van der Waals surface area contributed by atoms with Crippen molar-refractivity contribution in [2.45, 2.75) is 29.1 Å². The molecular weight excluding hydrogens is 271 g/mol. The van der Waals surface area contributed by atoms with Gasteiger partial charge in [-0.15, -0.1) is 11.6 Å². The third-order valence-electron chi connectivity index (χ3n) is 2.01. The Balaban J connectivity index is 2.97. The van der Waals surface area contributed by atoms with Gasteiger partial charge in [0.1, 0.15) is 4.71 Å². The Bertz CT molecular complexity index is 440. The largest absolute Gasteiger partial charge is 0.393 e. The molecule has 0 aliphatic heterocycles. The van der Waals surface area contributed by atoms with Crippen LogP contribution in [0.3, 0.4) is 0 Å². The molecule has 0 fully saturated rings. The van der Waals surface area contributed by atoms with E-state index in [4.69, 9.17) is 28.3 Å². The number of aliphatic hydroxyl groups excluding tert-OH is 1. The van der Waals surface area contributed by atoms with E-state index in [-0.39, 0.29) is 11.3 Å². The molecule has 6 heteroatoms. The molecule has 1 rings (SSSR count). The van der Waals surface area contributed by atoms with Crippen LogP contribution in [0.25, 0.3) is 0 Å². The monoisotopic (exact) mass is 282 g/mol. The molecule has 0 aliphatic rings. The van der Waals surface area contributed by atoms with Gasteiger partial charge < -0.3 is 5.11 Å². The van der Waals surface area contributed by atoms with Crippen LogP contribution in [-0.4, -0.2) is 24.3 Å². The number of hydrogen-bond acceptors (Lipinski definition) is 3. The molecule has 0 heterocycles. The summed E-state index contributed by atoms with van der Waals surface area (Å²) in [6, 6.07) is 5.77. The Hall–Kier alpha value is -0.290. The Morgan fingerprint density at radius 3 is 2.25 bits per heavy atom. The van der Waals surface area contributed by atoms with Crippen LogP contribution < -0.4 is 0 Å². The summed E-state index contributed by atoms with van der Waals surface area (Å²) in [5, 5.41) is 9.57. The zero-order valence-electron chi connectivity index (χ0n) is 8.60. The van der Waals surface area contributed by atoms with Crippen LogP contribution in [0.4, 0.5) is 0 Å². The number of sulfone groups is 1. The van der Waals surface area contributed by atoms with Crippen LogP contribution in [0.2, 0.25) is 5.02 Å². The van der Waals surface area contributed by atoms with Crippen LogP contribution in [0.15, 0.2) is 29.2 Å². The Kier molecular flexibility index (Phi) is 4.62. The van der Waals surface area contributed by atoms with Crippen molar-refractivity contribution in [3.63, 3.8) is 0 Å². The third kappa shape index (κ3) is 3.35. The molecule has 0 saturated heterocycles. The number of aliphatic hydroxyl groups is 1. The number of rotatable bonds is 4. The van der Waals surface area contributed by atoms with Gasteiger partial charge in [-0.2, -0.15) is 0 Å². The van der Waals surface area contributed by atoms with E-state index in [2.05, 4.69) is 0 Å². The molecule has 0 saturated carbocycles. The number of hydrogen-bond donors (Lipinski definition) is 1. The molecule has 1 N–H and O–H groups in total. The third-order valence-corrected chi connectivity index (χ3v) is 4.93. The minimum Gasteiger partial charge on any atom is -0.393 e. The molecule has 0 bridgehead atoms. The summed E-state index contributed by atoms with van der Waals surface area (Å²) in [6.45, 7) is 1.49. The highest BCUT2D eigenvalue weighted by Crippen LogP contribution is 2.23. The minimum atomic E-state index is -3.60. The predicted octanol–water partition coefficient (Wildman–Crippen LogP) is 2.45. The van der Waals surface area contributed by atoms with E-state index >= 15 is 0 Å². The first-order valence-electron chi connectivity index (χ1n) is 4.65. The summed E-state index contributed by atoms with van der Waals surface area (Å²) < 4.78 is 22.7. The molecule has 2 unspecified atom stereocenters. The van der Waals surface area contributed by atoms with Gasteiger partial charge in [0.05, 0.1) is 11.0 Å². The smallest absolute Gasteiger partial charge is 0.195 e. The summed E-state index contributed by atoms with van der Waals surface area (Å²) in [4.78, 5) is 0.109. The van der Waals surface area contributed by atoms with Gasteiger partial charge in [-0.3, -0.25) is 0 Å². The number of alkyl halides is 1. The van der Waals surface area contributed by atoms with E-state index in [0.717, 1.165) is 0 Å². The first kappa shape index (κ1) is 13.8. The van der Waals surface area contributed by atoms with Crippen LogP contribution >= 0.6 is 23.2 Å². The van der Waals surface area contributed by atoms with Gasteiger partial charge in [0, 0.05) is 11.4 Å². The number of benzene rings is 1. The normalized spacial score (nSPS) is 15.8. The van der Waals surface area contributed by atoms with Crippen molar-refractivity contribution in [1.82, 2.24) is 0 Å². The van der Waals surface area contributed by atoms with Crippen molar-refractivity contribution in [2.24, 2.45) is 0 Å². The Morgan fingerprint density at radius 1 is 1.31 bits per heavy atom. The summed E-state index contributed by atoms with van der Waals surface area (Å²) in [5.41, 5.74) is 0. The van der Waals surface area contributed by atoms with Gasteiger partial charge >= 0.3 is 0 Å². The van der Waals surface area contributed by atoms with Crippen molar-refractivity contribution in [3.8, 4) is 0 Å². The average Bonchev–Trinajstić information content (AvgIpc) is 2.17. The highest BCUT2D eigenvalue weighted by atomic mass is 35.5. The fourth-order valence-corrected chi connectivity index (χ4v) is 3.20. The molecule has 90 valence electrons. The maximum Gasteiger partial charge on any atom is 0.195 e. The van der Waals surface area contributed by atoms with Crippen LogP contribution in [0, 0.1) is 0 Å². The quantitative estimate of drug-likeness (QED) is 0.863. The van der Waals surface area contributed by atoms with E-state index in [1.54, 1.807) is 0 Å². The summed E-state index contributed by atoms with van der Waals surface area (Å²) in [6.07, 6.45) is -0.767. The second kappa shape index (κ2) is 5.36. The van der Waals surface area contributed by atoms with Gasteiger partial charge in [-0.05, 0) is 31.2 Å². The minimum absolute atomic E-state index is 0.00743. The standard InChI is InChI=1S/C10H12Cl2O3S/c1-7(13)6-10(12)16(14,15)9-4-2-8(11)3-5-9/h2-5,7,10,13H,6H2,1H3. The van der Waals surface area contributed by atoms with Gasteiger partial charge in [-0.25, -0.2) is 8.42 Å². The Morgan fingerprint density at radius 2 is 1.81 bits per heavy atom. The van der Waals surface area contributed by atoms with Crippen molar-refractivity contribution in [3.05, 3.63) is 29.3 Å². The summed E-state index contributed by atoms with van der Waals surface area (Å²) in [7, 11) is -3.60. The molecule has 3 nitrogen and oxygen atoms in total. The van der Waals surface area contributed by atoms with Gasteiger partial charge in [0.2, 0.25) is 0 Å². The predicted molar refractivity (Wildman–Crippen MR) is 64.6 cm³/mol. The molecule has 0 aliphatic carbocycles. The first-order valence-corrected chi connectivity index (χ1v) is 7.01. The summed E-state index contributed by atoms with van der Waals surface area (Å²) >= 11 is 11.4. The highest BCUT2D eigenvalue weighted by molar-refractivity contribution is 7.93. The van der Waals surface area contributed by atoms with Gasteiger partial charge in [0.25, 0.3) is 0 Å². The maximum absolute atomic E-state index is 11.9. The molecule has 0 spiro atoms. The van der Waals surface area contributed by atoms with Crippen molar-refractivity contribution >= 4 is 33.0 Å². The lowest BCUT2D eigenvalue weighted by molar-refractivity contribution is 0.188. The molecule has 0 aromatic heterocycles. The fraction of sp³-hybridized carbons (Fsp3) is 0.400. The van der Waals surface area contributed by atoms with Gasteiger partial charge in [0.15, 0.2) is 9.84 Å². The molecule has 1 aromatic carbocycles. The second-order valence-corrected chi connectivity index (χ2v) is 6.85. The van der Waals surface area contributed by atoms with E-state index in [1.807, 2.05) is 0 Å². The topological polar surface area (TPSA) is 54.4 Å². The van der Waals surface area contributed by atoms with Crippen molar-refractivity contribution < 1.29 is 13.5 Å². The molecule has 0 radical (unpaired) electrons. The molecule has 2 atom stereocenters. The second-order valence-electron chi connectivity index (χ2n) is 3.49.